The lowest BCUT2D eigenvalue weighted by Crippen LogP contribution is -2.38. The van der Waals surface area contributed by atoms with Gasteiger partial charge in [0.2, 0.25) is 11.8 Å². The summed E-state index contributed by atoms with van der Waals surface area (Å²) >= 11 is 0. The predicted molar refractivity (Wildman–Crippen MR) is 95.0 cm³/mol. The van der Waals surface area contributed by atoms with E-state index in [0.717, 1.165) is 16.8 Å². The smallest absolute Gasteiger partial charge is 0.229 e. The van der Waals surface area contributed by atoms with Crippen LogP contribution in [0.1, 0.15) is 23.1 Å². The van der Waals surface area contributed by atoms with Crippen molar-refractivity contribution in [2.45, 2.75) is 32.7 Å². The van der Waals surface area contributed by atoms with Crippen molar-refractivity contribution in [2.75, 3.05) is 11.4 Å². The second-order valence-electron chi connectivity index (χ2n) is 6.40. The Bertz CT molecular complexity index is 755. The number of carbonyl (C=O) groups is 2. The van der Waals surface area contributed by atoms with Gasteiger partial charge in [-0.05, 0) is 42.7 Å². The molecule has 3 rings (SSSR count). The number of aryl methyl sites for hydroxylation is 2. The molecule has 2 aromatic rings. The largest absolute Gasteiger partial charge is 0.351 e. The summed E-state index contributed by atoms with van der Waals surface area (Å²) in [5.74, 6) is 0.0178. The Hall–Kier alpha value is -2.62. The molecule has 0 radical (unpaired) electrons. The minimum absolute atomic E-state index is 0.0408. The van der Waals surface area contributed by atoms with Gasteiger partial charge in [-0.15, -0.1) is 0 Å². The Morgan fingerprint density at radius 2 is 1.88 bits per heavy atom. The van der Waals surface area contributed by atoms with E-state index in [9.17, 15) is 9.59 Å². The average molecular weight is 322 g/mol. The summed E-state index contributed by atoms with van der Waals surface area (Å²) in [7, 11) is 0. The van der Waals surface area contributed by atoms with Crippen LogP contribution in [0.25, 0.3) is 0 Å². The third kappa shape index (κ3) is 3.65. The summed E-state index contributed by atoms with van der Waals surface area (Å²) in [5, 5.41) is 2.98. The fourth-order valence-corrected chi connectivity index (χ4v) is 3.01. The van der Waals surface area contributed by atoms with Crippen LogP contribution in [0.2, 0.25) is 0 Å². The number of nitrogens with zero attached hydrogens (tertiary/aromatic N) is 1. The Labute approximate surface area is 142 Å². The number of amides is 2. The molecule has 1 aliphatic rings. The molecule has 0 aliphatic carbocycles. The summed E-state index contributed by atoms with van der Waals surface area (Å²) in [6.45, 7) is 4.62. The highest BCUT2D eigenvalue weighted by Crippen LogP contribution is 2.24. The number of nitrogens with one attached hydrogen (secondary N) is 1. The third-order valence-electron chi connectivity index (χ3n) is 4.50. The minimum atomic E-state index is -0.129. The van der Waals surface area contributed by atoms with Crippen molar-refractivity contribution in [3.05, 3.63) is 65.2 Å². The highest BCUT2D eigenvalue weighted by atomic mass is 16.2. The topological polar surface area (TPSA) is 49.4 Å². The van der Waals surface area contributed by atoms with Crippen molar-refractivity contribution >= 4 is 17.5 Å². The van der Waals surface area contributed by atoms with Crippen LogP contribution in [0, 0.1) is 13.8 Å². The highest BCUT2D eigenvalue weighted by molar-refractivity contribution is 5.97. The van der Waals surface area contributed by atoms with Crippen molar-refractivity contribution < 1.29 is 9.59 Å². The molecule has 0 aromatic heterocycles. The summed E-state index contributed by atoms with van der Waals surface area (Å²) in [6.07, 6.45) is 0.697. The summed E-state index contributed by atoms with van der Waals surface area (Å²) < 4.78 is 0. The molecule has 4 nitrogen and oxygen atoms in total. The molecular formula is C20H22N2O2. The molecule has 4 heteroatoms. The molecule has 2 amide bonds. The van der Waals surface area contributed by atoms with Crippen LogP contribution >= 0.6 is 0 Å². The van der Waals surface area contributed by atoms with Crippen molar-refractivity contribution in [1.82, 2.24) is 5.32 Å². The van der Waals surface area contributed by atoms with Gasteiger partial charge in [0.05, 0.1) is 12.5 Å². The SMILES string of the molecule is Cc1ccc(N2C[C@H](NC(=O)Cc3ccccc3)CC2=O)cc1C. The van der Waals surface area contributed by atoms with E-state index in [1.54, 1.807) is 4.90 Å². The lowest BCUT2D eigenvalue weighted by Gasteiger charge is -2.18. The Kier molecular flexibility index (Phi) is 4.65. The predicted octanol–water partition coefficient (Wildman–Crippen LogP) is 2.77. The van der Waals surface area contributed by atoms with Gasteiger partial charge in [-0.1, -0.05) is 36.4 Å². The fraction of sp³-hybridized carbons (Fsp3) is 0.300. The van der Waals surface area contributed by atoms with Crippen molar-refractivity contribution in [1.29, 1.82) is 0 Å². The molecule has 1 fully saturated rings. The number of benzene rings is 2. The average Bonchev–Trinajstić information content (AvgIpc) is 2.91. The van der Waals surface area contributed by atoms with E-state index in [2.05, 4.69) is 12.2 Å². The van der Waals surface area contributed by atoms with E-state index in [1.165, 1.54) is 5.56 Å². The van der Waals surface area contributed by atoms with Gasteiger partial charge in [0.15, 0.2) is 0 Å². The maximum absolute atomic E-state index is 12.3. The first-order valence-corrected chi connectivity index (χ1v) is 8.24. The monoisotopic (exact) mass is 322 g/mol. The van der Waals surface area contributed by atoms with E-state index >= 15 is 0 Å². The van der Waals surface area contributed by atoms with Gasteiger partial charge in [0, 0.05) is 18.7 Å². The molecule has 1 N–H and O–H groups in total. The zero-order valence-corrected chi connectivity index (χ0v) is 14.1. The van der Waals surface area contributed by atoms with Crippen molar-refractivity contribution in [3.63, 3.8) is 0 Å². The molecular weight excluding hydrogens is 300 g/mol. The molecule has 0 unspecified atom stereocenters. The highest BCUT2D eigenvalue weighted by Gasteiger charge is 2.31. The first kappa shape index (κ1) is 16.2. The molecule has 2 aromatic carbocycles. The summed E-state index contributed by atoms with van der Waals surface area (Å²) in [6, 6.07) is 15.5. The minimum Gasteiger partial charge on any atom is -0.351 e. The second kappa shape index (κ2) is 6.87. The lowest BCUT2D eigenvalue weighted by molar-refractivity contribution is -0.121. The zero-order chi connectivity index (χ0) is 17.1. The number of anilines is 1. The maximum atomic E-state index is 12.3. The first-order chi connectivity index (χ1) is 11.5. The molecule has 1 heterocycles. The van der Waals surface area contributed by atoms with Crippen LogP contribution in [-0.2, 0) is 16.0 Å². The van der Waals surface area contributed by atoms with Gasteiger partial charge in [0.1, 0.15) is 0 Å². The van der Waals surface area contributed by atoms with Crippen LogP contribution in [0.4, 0.5) is 5.69 Å². The number of hydrogen-bond donors (Lipinski definition) is 1. The van der Waals surface area contributed by atoms with Gasteiger partial charge in [-0.25, -0.2) is 0 Å². The van der Waals surface area contributed by atoms with E-state index in [1.807, 2.05) is 55.5 Å². The standard InChI is InChI=1S/C20H22N2O2/c1-14-8-9-18(10-15(14)2)22-13-17(12-20(22)24)21-19(23)11-16-6-4-3-5-7-16/h3-10,17H,11-13H2,1-2H3,(H,21,23)/t17-/m1/s1. The molecule has 0 spiro atoms. The Morgan fingerprint density at radius 1 is 1.12 bits per heavy atom. The van der Waals surface area contributed by atoms with Crippen LogP contribution in [0.15, 0.2) is 48.5 Å². The quantitative estimate of drug-likeness (QED) is 0.941. The maximum Gasteiger partial charge on any atom is 0.229 e. The van der Waals surface area contributed by atoms with Crippen LogP contribution in [-0.4, -0.2) is 24.4 Å². The molecule has 24 heavy (non-hydrogen) atoms. The van der Waals surface area contributed by atoms with E-state index in [-0.39, 0.29) is 17.9 Å². The van der Waals surface area contributed by atoms with Crippen molar-refractivity contribution in [2.24, 2.45) is 0 Å². The van der Waals surface area contributed by atoms with E-state index in [0.29, 0.717) is 19.4 Å². The molecule has 1 aliphatic heterocycles. The Morgan fingerprint density at radius 3 is 2.58 bits per heavy atom. The summed E-state index contributed by atoms with van der Waals surface area (Å²) in [5.41, 5.74) is 4.25. The molecule has 124 valence electrons. The van der Waals surface area contributed by atoms with Gasteiger partial charge >= 0.3 is 0 Å². The number of rotatable bonds is 4. The van der Waals surface area contributed by atoms with Crippen LogP contribution < -0.4 is 10.2 Å². The van der Waals surface area contributed by atoms with Crippen molar-refractivity contribution in [3.8, 4) is 0 Å². The number of hydrogen-bond acceptors (Lipinski definition) is 2. The normalized spacial score (nSPS) is 17.2. The van der Waals surface area contributed by atoms with Gasteiger partial charge in [-0.3, -0.25) is 9.59 Å². The third-order valence-corrected chi connectivity index (χ3v) is 4.50. The van der Waals surface area contributed by atoms with E-state index in [4.69, 9.17) is 0 Å². The molecule has 0 saturated carbocycles. The van der Waals surface area contributed by atoms with Gasteiger partial charge in [-0.2, -0.15) is 0 Å². The molecule has 1 saturated heterocycles. The fourth-order valence-electron chi connectivity index (χ4n) is 3.01. The molecule has 1 atom stereocenters. The summed E-state index contributed by atoms with van der Waals surface area (Å²) in [4.78, 5) is 26.2. The molecule has 0 bridgehead atoms. The van der Waals surface area contributed by atoms with Gasteiger partial charge in [0.25, 0.3) is 0 Å². The first-order valence-electron chi connectivity index (χ1n) is 8.24. The lowest BCUT2D eigenvalue weighted by atomic mass is 10.1. The Balaban J connectivity index is 1.62. The van der Waals surface area contributed by atoms with Crippen LogP contribution in [0.3, 0.4) is 0 Å². The van der Waals surface area contributed by atoms with Crippen LogP contribution in [0.5, 0.6) is 0 Å². The second-order valence-corrected chi connectivity index (χ2v) is 6.40. The zero-order valence-electron chi connectivity index (χ0n) is 14.1. The number of carbonyl (C=O) groups excluding carboxylic acids is 2. The van der Waals surface area contributed by atoms with Gasteiger partial charge < -0.3 is 10.2 Å². The van der Waals surface area contributed by atoms with E-state index < -0.39 is 0 Å².